The third kappa shape index (κ3) is 10.8. The average molecular weight is 488 g/mol. The third-order valence-electron chi connectivity index (χ3n) is 5.05. The maximum atomic E-state index is 13.2. The maximum Gasteiger partial charge on any atom is 0.413 e. The van der Waals surface area contributed by atoms with Gasteiger partial charge in [-0.2, -0.15) is 5.26 Å². The number of hydrogen-bond donors (Lipinski definition) is 2. The highest BCUT2D eigenvalue weighted by atomic mass is 16.5. The van der Waals surface area contributed by atoms with Gasteiger partial charge in [-0.25, -0.2) is 9.79 Å². The maximum absolute atomic E-state index is 13.2. The molecule has 0 aliphatic carbocycles. The van der Waals surface area contributed by atoms with E-state index in [0.717, 1.165) is 5.56 Å². The summed E-state index contributed by atoms with van der Waals surface area (Å²) in [4.78, 5) is 31.9. The molecular weight excluding hydrogens is 450 g/mol. The summed E-state index contributed by atoms with van der Waals surface area (Å²) in [5.74, 6) is -0.156. The van der Waals surface area contributed by atoms with Gasteiger partial charge in [0.1, 0.15) is 12.1 Å². The molecule has 0 aromatic heterocycles. The quantitative estimate of drug-likeness (QED) is 0.405. The van der Waals surface area contributed by atoms with Crippen LogP contribution in [0.5, 0.6) is 0 Å². The molecule has 1 saturated heterocycles. The van der Waals surface area contributed by atoms with Crippen molar-refractivity contribution in [3.05, 3.63) is 35.9 Å². The summed E-state index contributed by atoms with van der Waals surface area (Å²) >= 11 is 0. The summed E-state index contributed by atoms with van der Waals surface area (Å²) in [6.07, 6.45) is -0.239. The minimum absolute atomic E-state index is 0.0421. The van der Waals surface area contributed by atoms with Gasteiger partial charge in [-0.3, -0.25) is 10.1 Å². The average Bonchev–Trinajstić information content (AvgIpc) is 2.83. The van der Waals surface area contributed by atoms with Crippen LogP contribution in [0.4, 0.5) is 4.79 Å². The molecule has 10 nitrogen and oxygen atoms in total. The van der Waals surface area contributed by atoms with Crippen LogP contribution in [0.1, 0.15) is 39.7 Å². The Bertz CT molecular complexity index is 872. The Balaban J connectivity index is 2.14. The second-order valence-electron chi connectivity index (χ2n) is 9.37. The van der Waals surface area contributed by atoms with Gasteiger partial charge in [0.25, 0.3) is 0 Å². The van der Waals surface area contributed by atoms with Crippen molar-refractivity contribution in [3.63, 3.8) is 0 Å². The summed E-state index contributed by atoms with van der Waals surface area (Å²) < 4.78 is 16.1. The predicted molar refractivity (Wildman–Crippen MR) is 131 cm³/mol. The number of alkyl carbamates (subject to hydrolysis) is 1. The first-order valence-electron chi connectivity index (χ1n) is 11.9. The molecule has 2 N–H and O–H groups in total. The number of rotatable bonds is 9. The van der Waals surface area contributed by atoms with E-state index in [-0.39, 0.29) is 24.6 Å². The van der Waals surface area contributed by atoms with Gasteiger partial charge < -0.3 is 24.4 Å². The zero-order chi connectivity index (χ0) is 25.7. The van der Waals surface area contributed by atoms with Crippen LogP contribution in [0.25, 0.3) is 0 Å². The van der Waals surface area contributed by atoms with Crippen molar-refractivity contribution < 1.29 is 23.8 Å². The number of aliphatic imine (C=N–C) groups is 1. The zero-order valence-corrected chi connectivity index (χ0v) is 21.1. The van der Waals surface area contributed by atoms with Crippen molar-refractivity contribution >= 4 is 18.0 Å². The molecule has 192 valence electrons. The monoisotopic (exact) mass is 487 g/mol. The fourth-order valence-electron chi connectivity index (χ4n) is 3.40. The van der Waals surface area contributed by atoms with Crippen LogP contribution in [-0.4, -0.2) is 74.5 Å². The van der Waals surface area contributed by atoms with Crippen LogP contribution in [0.15, 0.2) is 35.3 Å². The minimum atomic E-state index is -0.839. The molecule has 0 saturated carbocycles. The lowest BCUT2D eigenvalue weighted by atomic mass is 9.88. The Labute approximate surface area is 207 Å². The van der Waals surface area contributed by atoms with Crippen molar-refractivity contribution in [2.24, 2.45) is 10.4 Å². The Morgan fingerprint density at radius 1 is 1.23 bits per heavy atom. The molecule has 1 fully saturated rings. The Kier molecular flexibility index (Phi) is 11.5. The highest BCUT2D eigenvalue weighted by Gasteiger charge is 2.29. The molecule has 0 spiro atoms. The molecule has 0 radical (unpaired) electrons. The van der Waals surface area contributed by atoms with Gasteiger partial charge in [0.05, 0.1) is 39.1 Å². The van der Waals surface area contributed by atoms with Gasteiger partial charge >= 0.3 is 6.09 Å². The standard InChI is InChI=1S/C25H37N5O5/c1-5-35-24(32)29-23(30-11-13-33-14-12-30)28-21(15-25(2,3)4)22(31)27-20(16-26)18-34-17-19-9-7-6-8-10-19/h6-10,20-21H,5,11-15,17-18H2,1-4H3,(H,27,31)(H,28,29,32)/t20-,21+/m1/s1. The van der Waals surface area contributed by atoms with Crippen LogP contribution in [0.3, 0.4) is 0 Å². The van der Waals surface area contributed by atoms with Crippen LogP contribution < -0.4 is 10.6 Å². The lowest BCUT2D eigenvalue weighted by Crippen LogP contribution is -2.51. The summed E-state index contributed by atoms with van der Waals surface area (Å²) in [6, 6.07) is 10.0. The normalized spacial score (nSPS) is 16.1. The number of carbonyl (C=O) groups is 2. The highest BCUT2D eigenvalue weighted by Crippen LogP contribution is 2.23. The van der Waals surface area contributed by atoms with Gasteiger partial charge in [0, 0.05) is 13.1 Å². The number of guanidine groups is 1. The molecule has 0 unspecified atom stereocenters. The fourth-order valence-corrected chi connectivity index (χ4v) is 3.40. The number of nitrogens with zero attached hydrogens (tertiary/aromatic N) is 3. The zero-order valence-electron chi connectivity index (χ0n) is 21.1. The van der Waals surface area contributed by atoms with Crippen molar-refractivity contribution in [3.8, 4) is 6.07 Å². The number of amides is 2. The van der Waals surface area contributed by atoms with E-state index in [1.165, 1.54) is 0 Å². The Morgan fingerprint density at radius 2 is 1.91 bits per heavy atom. The van der Waals surface area contributed by atoms with Crippen molar-refractivity contribution in [2.75, 3.05) is 39.5 Å². The largest absolute Gasteiger partial charge is 0.450 e. The number of carbonyl (C=O) groups excluding carboxylic acids is 2. The van der Waals surface area contributed by atoms with Gasteiger partial charge in [-0.15, -0.1) is 0 Å². The third-order valence-corrected chi connectivity index (χ3v) is 5.05. The van der Waals surface area contributed by atoms with Gasteiger partial charge in [0.15, 0.2) is 0 Å². The second-order valence-corrected chi connectivity index (χ2v) is 9.37. The molecule has 2 atom stereocenters. The summed E-state index contributed by atoms with van der Waals surface area (Å²) in [5, 5.41) is 15.0. The van der Waals surface area contributed by atoms with Crippen molar-refractivity contribution in [1.29, 1.82) is 5.26 Å². The summed E-state index contributed by atoms with van der Waals surface area (Å²) in [5.41, 5.74) is 0.739. The van der Waals surface area contributed by atoms with Gasteiger partial charge in [0.2, 0.25) is 11.9 Å². The number of hydrogen-bond acceptors (Lipinski definition) is 7. The molecule has 1 heterocycles. The molecule has 35 heavy (non-hydrogen) atoms. The van der Waals surface area contributed by atoms with E-state index in [1.807, 2.05) is 56.0 Å². The Hall–Kier alpha value is -3.16. The fraction of sp³-hybridized carbons (Fsp3) is 0.600. The van der Waals surface area contributed by atoms with Gasteiger partial charge in [-0.1, -0.05) is 51.1 Å². The smallest absolute Gasteiger partial charge is 0.413 e. The number of nitrogens with one attached hydrogen (secondary N) is 2. The van der Waals surface area contributed by atoms with Crippen LogP contribution in [-0.2, 0) is 25.6 Å². The molecular formula is C25H37N5O5. The highest BCUT2D eigenvalue weighted by molar-refractivity contribution is 5.96. The molecule has 2 amide bonds. The van der Waals surface area contributed by atoms with Crippen LogP contribution >= 0.6 is 0 Å². The van der Waals surface area contributed by atoms with Crippen molar-refractivity contribution in [2.45, 2.75) is 52.8 Å². The molecule has 1 aromatic carbocycles. The number of nitriles is 1. The van der Waals surface area contributed by atoms with Crippen molar-refractivity contribution in [1.82, 2.24) is 15.5 Å². The molecule has 1 aromatic rings. The molecule has 10 heteroatoms. The van der Waals surface area contributed by atoms with E-state index in [9.17, 15) is 14.9 Å². The molecule has 1 aliphatic rings. The second kappa shape index (κ2) is 14.3. The Morgan fingerprint density at radius 3 is 2.51 bits per heavy atom. The first-order valence-corrected chi connectivity index (χ1v) is 11.9. The summed E-state index contributed by atoms with van der Waals surface area (Å²) in [6.45, 7) is 10.3. The first kappa shape index (κ1) is 28.1. The van der Waals surface area contributed by atoms with E-state index in [4.69, 9.17) is 14.2 Å². The van der Waals surface area contributed by atoms with E-state index < -0.39 is 24.1 Å². The number of ether oxygens (including phenoxy) is 3. The molecule has 0 bridgehead atoms. The van der Waals surface area contributed by atoms with E-state index >= 15 is 0 Å². The lowest BCUT2D eigenvalue weighted by Gasteiger charge is -2.31. The molecule has 1 aliphatic heterocycles. The lowest BCUT2D eigenvalue weighted by molar-refractivity contribution is -0.123. The van der Waals surface area contributed by atoms with E-state index in [0.29, 0.717) is 39.3 Å². The molecule has 2 rings (SSSR count). The van der Waals surface area contributed by atoms with E-state index in [1.54, 1.807) is 6.92 Å². The first-order chi connectivity index (χ1) is 16.7. The minimum Gasteiger partial charge on any atom is -0.450 e. The number of morpholine rings is 1. The van der Waals surface area contributed by atoms with E-state index in [2.05, 4.69) is 21.7 Å². The number of benzene rings is 1. The van der Waals surface area contributed by atoms with Gasteiger partial charge in [-0.05, 0) is 24.3 Å². The topological polar surface area (TPSA) is 125 Å². The van der Waals surface area contributed by atoms with Crippen LogP contribution in [0.2, 0.25) is 0 Å². The SMILES string of the molecule is CCOC(=O)NC(=N[C@@H](CC(C)(C)C)C(=O)N[C@H](C#N)COCc1ccccc1)N1CCOCC1. The van der Waals surface area contributed by atoms with Crippen LogP contribution in [0, 0.1) is 16.7 Å². The summed E-state index contributed by atoms with van der Waals surface area (Å²) in [7, 11) is 0. The predicted octanol–water partition coefficient (Wildman–Crippen LogP) is 2.45.